The number of fused-ring (bicyclic) bond motifs is 1. The number of nitrogens with zero attached hydrogens (tertiary/aromatic N) is 1. The third-order valence-corrected chi connectivity index (χ3v) is 4.77. The molecule has 2 aliphatic rings. The maximum absolute atomic E-state index is 12.8. The molecule has 9 heteroatoms. The molecule has 1 aromatic carbocycles. The highest BCUT2D eigenvalue weighted by molar-refractivity contribution is 5.77. The van der Waals surface area contributed by atoms with Crippen LogP contribution >= 0.6 is 0 Å². The Balaban J connectivity index is 1.94. The SMILES string of the molecule is COC(=O)[C@@H]([C@H]1O[C@@H](OC)[C@@H]2OC(C)(C)O[C@@H]21)N(Cc1ccccc1)OC(C)=O. The fourth-order valence-corrected chi connectivity index (χ4v) is 3.69. The lowest BCUT2D eigenvalue weighted by molar-refractivity contribution is -0.256. The molecule has 2 fully saturated rings. The van der Waals surface area contributed by atoms with Crippen molar-refractivity contribution in [2.45, 2.75) is 63.7 Å². The molecule has 2 aliphatic heterocycles. The largest absolute Gasteiger partial charge is 0.468 e. The predicted octanol–water partition coefficient (Wildman–Crippen LogP) is 1.40. The summed E-state index contributed by atoms with van der Waals surface area (Å²) in [6.45, 7) is 4.96. The van der Waals surface area contributed by atoms with E-state index in [0.29, 0.717) is 0 Å². The van der Waals surface area contributed by atoms with E-state index in [0.717, 1.165) is 5.56 Å². The van der Waals surface area contributed by atoms with Gasteiger partial charge < -0.3 is 28.5 Å². The van der Waals surface area contributed by atoms with Gasteiger partial charge in [-0.2, -0.15) is 0 Å². The van der Waals surface area contributed by atoms with Gasteiger partial charge in [0.2, 0.25) is 0 Å². The van der Waals surface area contributed by atoms with Gasteiger partial charge in [0, 0.05) is 14.0 Å². The van der Waals surface area contributed by atoms with Crippen LogP contribution in [0, 0.1) is 0 Å². The Hall–Kier alpha value is -2.04. The third-order valence-electron chi connectivity index (χ3n) is 4.77. The summed E-state index contributed by atoms with van der Waals surface area (Å²) in [7, 11) is 2.75. The number of methoxy groups -OCH3 is 2. The second kappa shape index (κ2) is 8.76. The topological polar surface area (TPSA) is 92.8 Å². The molecule has 0 saturated carbocycles. The molecule has 9 nitrogen and oxygen atoms in total. The number of benzene rings is 1. The van der Waals surface area contributed by atoms with Crippen molar-refractivity contribution in [1.29, 1.82) is 0 Å². The summed E-state index contributed by atoms with van der Waals surface area (Å²) in [6.07, 6.45) is -2.74. The minimum Gasteiger partial charge on any atom is -0.468 e. The molecule has 2 heterocycles. The Labute approximate surface area is 169 Å². The van der Waals surface area contributed by atoms with E-state index in [4.69, 9.17) is 28.5 Å². The van der Waals surface area contributed by atoms with E-state index in [1.165, 1.54) is 26.2 Å². The van der Waals surface area contributed by atoms with Crippen LogP contribution < -0.4 is 0 Å². The summed E-state index contributed by atoms with van der Waals surface area (Å²) in [5, 5.41) is 1.26. The highest BCUT2D eigenvalue weighted by Gasteiger charge is 2.60. The molecule has 0 spiro atoms. The van der Waals surface area contributed by atoms with Gasteiger partial charge in [-0.15, -0.1) is 5.06 Å². The van der Waals surface area contributed by atoms with Gasteiger partial charge in [-0.3, -0.25) is 9.59 Å². The van der Waals surface area contributed by atoms with Crippen LogP contribution in [0.4, 0.5) is 0 Å². The minimum atomic E-state index is -1.09. The van der Waals surface area contributed by atoms with Gasteiger partial charge in [-0.1, -0.05) is 30.3 Å². The fourth-order valence-electron chi connectivity index (χ4n) is 3.69. The molecule has 2 saturated heterocycles. The Bertz CT molecular complexity index is 724. The van der Waals surface area contributed by atoms with Gasteiger partial charge in [0.1, 0.15) is 18.3 Å². The van der Waals surface area contributed by atoms with E-state index in [1.807, 2.05) is 30.3 Å². The number of hydroxylamine groups is 2. The average Bonchev–Trinajstić information content (AvgIpc) is 3.15. The first-order valence-electron chi connectivity index (χ1n) is 9.36. The standard InChI is InChI=1S/C20H27NO8/c1-12(22)29-21(11-13-9-7-6-8-10-13)14(18(23)24-4)15-16-17(19(25-5)26-15)28-20(2,3)27-16/h6-10,14-17,19H,11H2,1-5H3/t14-,15-,16-,17-,19-/m1/s1. The zero-order valence-electron chi connectivity index (χ0n) is 17.2. The molecule has 0 bridgehead atoms. The first kappa shape index (κ1) is 21.7. The molecule has 0 radical (unpaired) electrons. The number of ether oxygens (including phenoxy) is 5. The van der Waals surface area contributed by atoms with Gasteiger partial charge in [-0.25, -0.2) is 0 Å². The van der Waals surface area contributed by atoms with Crippen LogP contribution in [0.5, 0.6) is 0 Å². The van der Waals surface area contributed by atoms with Crippen LogP contribution in [-0.2, 0) is 44.7 Å². The molecule has 5 atom stereocenters. The lowest BCUT2D eigenvalue weighted by Crippen LogP contribution is -2.54. The zero-order valence-corrected chi connectivity index (χ0v) is 17.2. The third kappa shape index (κ3) is 4.76. The van der Waals surface area contributed by atoms with Crippen LogP contribution in [0.25, 0.3) is 0 Å². The predicted molar refractivity (Wildman–Crippen MR) is 99.1 cm³/mol. The Morgan fingerprint density at radius 1 is 1.14 bits per heavy atom. The van der Waals surface area contributed by atoms with Gasteiger partial charge >= 0.3 is 11.9 Å². The second-order valence-electron chi connectivity index (χ2n) is 7.38. The van der Waals surface area contributed by atoms with Crippen molar-refractivity contribution in [2.24, 2.45) is 0 Å². The van der Waals surface area contributed by atoms with Crippen LogP contribution in [-0.4, -0.2) is 67.7 Å². The Morgan fingerprint density at radius 2 is 1.79 bits per heavy atom. The van der Waals surface area contributed by atoms with E-state index in [1.54, 1.807) is 13.8 Å². The molecule has 0 unspecified atom stereocenters. The second-order valence-corrected chi connectivity index (χ2v) is 7.38. The summed E-state index contributed by atoms with van der Waals surface area (Å²) in [5.74, 6) is -2.08. The lowest BCUT2D eigenvalue weighted by Gasteiger charge is -2.33. The van der Waals surface area contributed by atoms with Crippen LogP contribution in [0.3, 0.4) is 0 Å². The monoisotopic (exact) mass is 409 g/mol. The number of hydrogen-bond acceptors (Lipinski definition) is 9. The number of carbonyl (C=O) groups is 2. The average molecular weight is 409 g/mol. The smallest absolute Gasteiger partial charge is 0.329 e. The molecular formula is C20H27NO8. The van der Waals surface area contributed by atoms with Crippen molar-refractivity contribution in [2.75, 3.05) is 14.2 Å². The quantitative estimate of drug-likeness (QED) is 0.489. The van der Waals surface area contributed by atoms with Crippen LogP contribution in [0.2, 0.25) is 0 Å². The molecule has 0 amide bonds. The van der Waals surface area contributed by atoms with E-state index in [2.05, 4.69) is 0 Å². The number of carbonyl (C=O) groups excluding carboxylic acids is 2. The summed E-state index contributed by atoms with van der Waals surface area (Å²) in [4.78, 5) is 30.0. The number of rotatable bonds is 7. The van der Waals surface area contributed by atoms with E-state index < -0.39 is 48.4 Å². The number of esters is 1. The van der Waals surface area contributed by atoms with Crippen LogP contribution in [0.1, 0.15) is 26.3 Å². The van der Waals surface area contributed by atoms with Crippen molar-refractivity contribution in [1.82, 2.24) is 5.06 Å². The van der Waals surface area contributed by atoms with Gasteiger partial charge in [0.15, 0.2) is 18.1 Å². The highest BCUT2D eigenvalue weighted by Crippen LogP contribution is 2.41. The Kier molecular flexibility index (Phi) is 6.55. The maximum Gasteiger partial charge on any atom is 0.329 e. The summed E-state index contributed by atoms with van der Waals surface area (Å²) >= 11 is 0. The van der Waals surface area contributed by atoms with Crippen molar-refractivity contribution >= 4 is 11.9 Å². The van der Waals surface area contributed by atoms with E-state index in [9.17, 15) is 9.59 Å². The Morgan fingerprint density at radius 3 is 2.38 bits per heavy atom. The highest BCUT2D eigenvalue weighted by atomic mass is 16.8. The molecule has 0 aromatic heterocycles. The maximum atomic E-state index is 12.8. The van der Waals surface area contributed by atoms with Crippen molar-refractivity contribution in [3.05, 3.63) is 35.9 Å². The summed E-state index contributed by atoms with van der Waals surface area (Å²) < 4.78 is 28.2. The first-order valence-corrected chi connectivity index (χ1v) is 9.36. The molecule has 0 N–H and O–H groups in total. The van der Waals surface area contributed by atoms with Gasteiger partial charge in [0.05, 0.1) is 13.7 Å². The van der Waals surface area contributed by atoms with Crippen molar-refractivity contribution in [3.8, 4) is 0 Å². The van der Waals surface area contributed by atoms with Crippen molar-refractivity contribution in [3.63, 3.8) is 0 Å². The molecule has 29 heavy (non-hydrogen) atoms. The fraction of sp³-hybridized carbons (Fsp3) is 0.600. The summed E-state index contributed by atoms with van der Waals surface area (Å²) in [6, 6.07) is 8.21. The lowest BCUT2D eigenvalue weighted by atomic mass is 10.0. The van der Waals surface area contributed by atoms with Crippen LogP contribution in [0.15, 0.2) is 30.3 Å². The van der Waals surface area contributed by atoms with Gasteiger partial charge in [-0.05, 0) is 19.4 Å². The number of hydrogen-bond donors (Lipinski definition) is 0. The molecule has 3 rings (SSSR count). The zero-order chi connectivity index (χ0) is 21.2. The van der Waals surface area contributed by atoms with Crippen molar-refractivity contribution < 1.29 is 38.1 Å². The molecule has 1 aromatic rings. The minimum absolute atomic E-state index is 0.152. The normalized spacial score (nSPS) is 28.8. The van der Waals surface area contributed by atoms with Gasteiger partial charge in [0.25, 0.3) is 0 Å². The van der Waals surface area contributed by atoms with E-state index in [-0.39, 0.29) is 6.54 Å². The molecular weight excluding hydrogens is 382 g/mol. The first-order chi connectivity index (χ1) is 13.8. The van der Waals surface area contributed by atoms with E-state index >= 15 is 0 Å². The molecule has 0 aliphatic carbocycles. The molecule has 160 valence electrons. The summed E-state index contributed by atoms with van der Waals surface area (Å²) in [5.41, 5.74) is 0.837.